The van der Waals surface area contributed by atoms with Crippen molar-refractivity contribution >= 4 is 45.2 Å². The fourth-order valence-corrected chi connectivity index (χ4v) is 5.03. The first-order chi connectivity index (χ1) is 18.5. The van der Waals surface area contributed by atoms with Crippen LogP contribution in [0.5, 0.6) is 0 Å². The smallest absolute Gasteiger partial charge is 0.408 e. The van der Waals surface area contributed by atoms with Gasteiger partial charge in [0.1, 0.15) is 16.7 Å². The van der Waals surface area contributed by atoms with Gasteiger partial charge in [-0.15, -0.1) is 0 Å². The first-order valence-corrected chi connectivity index (χ1v) is 13.8. The predicted octanol–water partition coefficient (Wildman–Crippen LogP) is 4.43. The van der Waals surface area contributed by atoms with Crippen LogP contribution in [0.4, 0.5) is 10.5 Å². The minimum Gasteiger partial charge on any atom is -0.444 e. The molecule has 1 aliphatic heterocycles. The fourth-order valence-electron chi connectivity index (χ4n) is 4.34. The van der Waals surface area contributed by atoms with Crippen LogP contribution in [0.15, 0.2) is 70.1 Å². The van der Waals surface area contributed by atoms with E-state index < -0.39 is 23.3 Å². The van der Waals surface area contributed by atoms with Gasteiger partial charge in [-0.1, -0.05) is 57.9 Å². The molecule has 0 bridgehead atoms. The summed E-state index contributed by atoms with van der Waals surface area (Å²) in [5.41, 5.74) is 0.948. The van der Waals surface area contributed by atoms with E-state index in [9.17, 15) is 14.4 Å². The topological polar surface area (TPSA) is 96.8 Å². The standard InChI is InChI=1S/C28H31BrClN5O4/c1-28(2,3)39-27(38)32-22(17-19-8-7-9-20(29)16-19)25(36)34-14-12-33(13-15-34)23-18-31-35(26(37)24(23)30)21-10-5-4-6-11-21/h4-11,16,18,22H,12-15,17H2,1-3H3,(H,32,38). The van der Waals surface area contributed by atoms with E-state index in [1.165, 1.54) is 4.68 Å². The quantitative estimate of drug-likeness (QED) is 0.440. The van der Waals surface area contributed by atoms with Crippen LogP contribution in [0.1, 0.15) is 26.3 Å². The molecule has 11 heteroatoms. The second kappa shape index (κ2) is 12.2. The Morgan fingerprint density at radius 2 is 1.77 bits per heavy atom. The highest BCUT2D eigenvalue weighted by Gasteiger charge is 2.31. The third-order valence-corrected chi connectivity index (χ3v) is 7.00. The highest BCUT2D eigenvalue weighted by Crippen LogP contribution is 2.24. The summed E-state index contributed by atoms with van der Waals surface area (Å²) in [6, 6.07) is 15.9. The number of anilines is 1. The monoisotopic (exact) mass is 615 g/mol. The zero-order valence-electron chi connectivity index (χ0n) is 22.1. The summed E-state index contributed by atoms with van der Waals surface area (Å²) in [7, 11) is 0. The van der Waals surface area contributed by atoms with Crippen molar-refractivity contribution in [2.24, 2.45) is 0 Å². The Bertz CT molecular complexity index is 1380. The molecule has 0 spiro atoms. The van der Waals surface area contributed by atoms with Crippen molar-refractivity contribution in [3.63, 3.8) is 0 Å². The highest BCUT2D eigenvalue weighted by molar-refractivity contribution is 9.10. The maximum atomic E-state index is 13.6. The Morgan fingerprint density at radius 1 is 1.08 bits per heavy atom. The maximum absolute atomic E-state index is 13.6. The Hall–Kier alpha value is -3.37. The highest BCUT2D eigenvalue weighted by atomic mass is 79.9. The average Bonchev–Trinajstić information content (AvgIpc) is 2.89. The number of aromatic nitrogens is 2. The number of benzene rings is 2. The number of nitrogens with one attached hydrogen (secondary N) is 1. The van der Waals surface area contributed by atoms with Gasteiger partial charge in [-0.3, -0.25) is 9.59 Å². The van der Waals surface area contributed by atoms with Crippen LogP contribution in [0.2, 0.25) is 5.02 Å². The first kappa shape index (κ1) is 28.6. The van der Waals surface area contributed by atoms with E-state index in [4.69, 9.17) is 16.3 Å². The zero-order valence-corrected chi connectivity index (χ0v) is 24.4. The summed E-state index contributed by atoms with van der Waals surface area (Å²) in [5.74, 6) is -0.204. The van der Waals surface area contributed by atoms with Gasteiger partial charge in [0.05, 0.1) is 17.6 Å². The minimum absolute atomic E-state index is 0.0766. The lowest BCUT2D eigenvalue weighted by Gasteiger charge is -2.37. The number of rotatable bonds is 6. The van der Waals surface area contributed by atoms with Crippen LogP contribution in [-0.4, -0.2) is 64.5 Å². The van der Waals surface area contributed by atoms with Gasteiger partial charge in [0, 0.05) is 37.1 Å². The summed E-state index contributed by atoms with van der Waals surface area (Å²) in [6.07, 6.45) is 1.24. The Kier molecular flexibility index (Phi) is 8.97. The third-order valence-electron chi connectivity index (χ3n) is 6.15. The third kappa shape index (κ3) is 7.39. The summed E-state index contributed by atoms with van der Waals surface area (Å²) >= 11 is 9.94. The minimum atomic E-state index is -0.805. The van der Waals surface area contributed by atoms with E-state index in [0.29, 0.717) is 44.0 Å². The summed E-state index contributed by atoms with van der Waals surface area (Å²) in [6.45, 7) is 7.01. The molecule has 1 saturated heterocycles. The molecule has 0 aliphatic carbocycles. The van der Waals surface area contributed by atoms with E-state index in [-0.39, 0.29) is 10.9 Å². The molecule has 39 heavy (non-hydrogen) atoms. The van der Waals surface area contributed by atoms with Crippen LogP contribution in [0, 0.1) is 0 Å². The number of piperazine rings is 1. The van der Waals surface area contributed by atoms with E-state index in [1.807, 2.05) is 47.4 Å². The van der Waals surface area contributed by atoms with Gasteiger partial charge in [-0.2, -0.15) is 9.78 Å². The number of amides is 2. The van der Waals surface area contributed by atoms with Crippen LogP contribution < -0.4 is 15.8 Å². The summed E-state index contributed by atoms with van der Waals surface area (Å²) in [5, 5.41) is 7.15. The van der Waals surface area contributed by atoms with Gasteiger partial charge in [0.15, 0.2) is 0 Å². The van der Waals surface area contributed by atoms with E-state index >= 15 is 0 Å². The second-order valence-corrected chi connectivity index (χ2v) is 11.5. The van der Waals surface area contributed by atoms with Gasteiger partial charge < -0.3 is 19.9 Å². The average molecular weight is 617 g/mol. The van der Waals surface area contributed by atoms with E-state index in [0.717, 1.165) is 10.0 Å². The molecule has 1 aliphatic rings. The molecule has 3 aromatic rings. The van der Waals surface area contributed by atoms with Gasteiger partial charge in [0.2, 0.25) is 5.91 Å². The number of carbonyl (C=O) groups excluding carboxylic acids is 2. The molecule has 1 atom stereocenters. The van der Waals surface area contributed by atoms with Crippen molar-refractivity contribution in [3.05, 3.63) is 86.2 Å². The first-order valence-electron chi connectivity index (χ1n) is 12.6. The van der Waals surface area contributed by atoms with Gasteiger partial charge in [-0.05, 0) is 50.6 Å². The summed E-state index contributed by atoms with van der Waals surface area (Å²) < 4.78 is 7.57. The molecular weight excluding hydrogens is 586 g/mol. The number of hydrogen-bond donors (Lipinski definition) is 1. The number of ether oxygens (including phenoxy) is 1. The molecule has 4 rings (SSSR count). The van der Waals surface area contributed by atoms with E-state index in [1.54, 1.807) is 44.0 Å². The Labute approximate surface area is 240 Å². The van der Waals surface area contributed by atoms with Gasteiger partial charge in [-0.25, -0.2) is 4.79 Å². The van der Waals surface area contributed by atoms with Crippen molar-refractivity contribution in [1.29, 1.82) is 0 Å². The molecule has 1 fully saturated rings. The van der Waals surface area contributed by atoms with Crippen molar-refractivity contribution in [1.82, 2.24) is 20.0 Å². The van der Waals surface area contributed by atoms with Crippen LogP contribution in [-0.2, 0) is 16.0 Å². The largest absolute Gasteiger partial charge is 0.444 e. The fraction of sp³-hybridized carbons (Fsp3) is 0.357. The van der Waals surface area contributed by atoms with Crippen molar-refractivity contribution in [2.45, 2.75) is 38.8 Å². The van der Waals surface area contributed by atoms with Crippen molar-refractivity contribution < 1.29 is 14.3 Å². The lowest BCUT2D eigenvalue weighted by molar-refractivity contribution is -0.133. The lowest BCUT2D eigenvalue weighted by Crippen LogP contribution is -2.56. The van der Waals surface area contributed by atoms with Crippen molar-refractivity contribution in [3.8, 4) is 5.69 Å². The number of carbonyl (C=O) groups is 2. The molecule has 2 heterocycles. The predicted molar refractivity (Wildman–Crippen MR) is 155 cm³/mol. The number of nitrogens with zero attached hydrogens (tertiary/aromatic N) is 4. The molecule has 1 N–H and O–H groups in total. The number of alkyl carbamates (subject to hydrolysis) is 1. The van der Waals surface area contributed by atoms with Gasteiger partial charge in [0.25, 0.3) is 5.56 Å². The maximum Gasteiger partial charge on any atom is 0.408 e. The summed E-state index contributed by atoms with van der Waals surface area (Å²) in [4.78, 5) is 42.7. The Morgan fingerprint density at radius 3 is 2.41 bits per heavy atom. The number of para-hydroxylation sites is 1. The molecule has 9 nitrogen and oxygen atoms in total. The molecule has 0 saturated carbocycles. The molecule has 0 radical (unpaired) electrons. The molecule has 1 aromatic heterocycles. The van der Waals surface area contributed by atoms with Crippen LogP contribution in [0.3, 0.4) is 0 Å². The molecule has 2 amide bonds. The molecule has 206 valence electrons. The number of hydrogen-bond acceptors (Lipinski definition) is 6. The zero-order chi connectivity index (χ0) is 28.2. The number of halogens is 2. The van der Waals surface area contributed by atoms with Crippen LogP contribution in [0.25, 0.3) is 5.69 Å². The molecule has 1 unspecified atom stereocenters. The Balaban J connectivity index is 1.46. The second-order valence-electron chi connectivity index (χ2n) is 10.2. The molecular formula is C28H31BrClN5O4. The van der Waals surface area contributed by atoms with Crippen molar-refractivity contribution in [2.75, 3.05) is 31.1 Å². The van der Waals surface area contributed by atoms with E-state index in [2.05, 4.69) is 26.3 Å². The van der Waals surface area contributed by atoms with Gasteiger partial charge >= 0.3 is 6.09 Å². The normalized spacial score (nSPS) is 14.6. The van der Waals surface area contributed by atoms with Crippen LogP contribution >= 0.6 is 27.5 Å². The SMILES string of the molecule is CC(C)(C)OC(=O)NC(Cc1cccc(Br)c1)C(=O)N1CCN(c2cnn(-c3ccccc3)c(=O)c2Cl)CC1. The lowest BCUT2D eigenvalue weighted by atomic mass is 10.0. The molecule has 2 aromatic carbocycles.